The highest BCUT2D eigenvalue weighted by atomic mass is 16.4. The molecule has 0 saturated carbocycles. The van der Waals surface area contributed by atoms with Crippen molar-refractivity contribution in [3.8, 4) is 0 Å². The van der Waals surface area contributed by atoms with E-state index < -0.39 is 5.97 Å². The molecule has 0 fully saturated rings. The molecule has 3 N–H and O–H groups in total. The van der Waals surface area contributed by atoms with Gasteiger partial charge in [-0.15, -0.1) is 0 Å². The number of pyridine rings is 1. The summed E-state index contributed by atoms with van der Waals surface area (Å²) in [5.74, 6) is 4.95. The fourth-order valence-corrected chi connectivity index (χ4v) is 1.55. The third-order valence-electron chi connectivity index (χ3n) is 2.50. The van der Waals surface area contributed by atoms with Crippen LogP contribution in [0.4, 0.5) is 5.69 Å². The molecule has 0 amide bonds. The van der Waals surface area contributed by atoms with Crippen LogP contribution in [0.5, 0.6) is 0 Å². The molecule has 0 aliphatic rings. The first-order valence-electron chi connectivity index (χ1n) is 5.42. The third kappa shape index (κ3) is 2.83. The number of aromatic carboxylic acids is 1. The predicted molar refractivity (Wildman–Crippen MR) is 68.0 cm³/mol. The Bertz CT molecular complexity index is 526. The van der Waals surface area contributed by atoms with Gasteiger partial charge in [-0.05, 0) is 36.4 Å². The molecule has 5 heteroatoms. The van der Waals surface area contributed by atoms with E-state index in [1.807, 2.05) is 18.2 Å². The lowest BCUT2D eigenvalue weighted by molar-refractivity contribution is 0.0697. The number of hydrogen-bond acceptors (Lipinski definition) is 4. The topological polar surface area (TPSA) is 79.5 Å². The molecule has 1 aromatic heterocycles. The number of benzene rings is 1. The largest absolute Gasteiger partial charge is 0.478 e. The van der Waals surface area contributed by atoms with Gasteiger partial charge in [-0.1, -0.05) is 6.07 Å². The van der Waals surface area contributed by atoms with Crippen molar-refractivity contribution in [3.63, 3.8) is 0 Å². The van der Waals surface area contributed by atoms with Gasteiger partial charge in [-0.25, -0.2) is 10.6 Å². The summed E-state index contributed by atoms with van der Waals surface area (Å²) < 4.78 is 0. The number of nitrogens with two attached hydrogens (primary N) is 1. The van der Waals surface area contributed by atoms with Gasteiger partial charge in [0.1, 0.15) is 0 Å². The lowest BCUT2D eigenvalue weighted by atomic mass is 10.2. The predicted octanol–water partition coefficient (Wildman–Crippen LogP) is 1.66. The van der Waals surface area contributed by atoms with E-state index in [1.54, 1.807) is 18.3 Å². The van der Waals surface area contributed by atoms with Gasteiger partial charge in [0.05, 0.1) is 23.5 Å². The van der Waals surface area contributed by atoms with E-state index in [4.69, 9.17) is 10.9 Å². The summed E-state index contributed by atoms with van der Waals surface area (Å²) in [6.45, 7) is 0.466. The zero-order chi connectivity index (χ0) is 13.0. The molecule has 0 atom stereocenters. The molecular weight excluding hydrogens is 230 g/mol. The second-order valence-electron chi connectivity index (χ2n) is 3.80. The molecule has 2 aromatic rings. The number of aromatic nitrogens is 1. The van der Waals surface area contributed by atoms with Crippen molar-refractivity contribution >= 4 is 11.7 Å². The van der Waals surface area contributed by atoms with Crippen molar-refractivity contribution in [2.45, 2.75) is 6.54 Å². The summed E-state index contributed by atoms with van der Waals surface area (Å²) in [6.07, 6.45) is 1.71. The summed E-state index contributed by atoms with van der Waals surface area (Å²) in [4.78, 5) is 14.9. The molecule has 2 rings (SSSR count). The maximum absolute atomic E-state index is 10.7. The van der Waals surface area contributed by atoms with E-state index in [0.717, 1.165) is 11.4 Å². The van der Waals surface area contributed by atoms with Crippen LogP contribution in [0.25, 0.3) is 0 Å². The number of carbonyl (C=O) groups is 1. The Labute approximate surface area is 104 Å². The summed E-state index contributed by atoms with van der Waals surface area (Å²) in [5, 5.41) is 10.3. The molecule has 18 heavy (non-hydrogen) atoms. The number of carboxylic acids is 1. The number of carboxylic acid groups (broad SMARTS) is 1. The van der Waals surface area contributed by atoms with Crippen LogP contribution in [0.1, 0.15) is 16.1 Å². The van der Waals surface area contributed by atoms with Crippen molar-refractivity contribution in [3.05, 3.63) is 59.9 Å². The molecule has 1 heterocycles. The monoisotopic (exact) mass is 243 g/mol. The highest BCUT2D eigenvalue weighted by molar-refractivity contribution is 5.88. The third-order valence-corrected chi connectivity index (χ3v) is 2.50. The normalized spacial score (nSPS) is 10.1. The fourth-order valence-electron chi connectivity index (χ4n) is 1.55. The van der Waals surface area contributed by atoms with Crippen LogP contribution < -0.4 is 10.9 Å². The van der Waals surface area contributed by atoms with E-state index in [-0.39, 0.29) is 5.56 Å². The van der Waals surface area contributed by atoms with Crippen LogP contribution >= 0.6 is 0 Å². The maximum atomic E-state index is 10.7. The van der Waals surface area contributed by atoms with Crippen LogP contribution in [0, 0.1) is 0 Å². The lowest BCUT2D eigenvalue weighted by Gasteiger charge is -2.18. The molecule has 1 aromatic carbocycles. The zero-order valence-corrected chi connectivity index (χ0v) is 9.65. The Kier molecular flexibility index (Phi) is 3.54. The number of rotatable bonds is 4. The Balaban J connectivity index is 2.09. The first-order valence-corrected chi connectivity index (χ1v) is 5.42. The maximum Gasteiger partial charge on any atom is 0.335 e. The first kappa shape index (κ1) is 12.1. The number of anilines is 1. The van der Waals surface area contributed by atoms with Gasteiger partial charge in [-0.3, -0.25) is 4.98 Å². The van der Waals surface area contributed by atoms with Gasteiger partial charge in [0.15, 0.2) is 0 Å². The van der Waals surface area contributed by atoms with E-state index in [9.17, 15) is 4.79 Å². The molecule has 0 aliphatic carbocycles. The Morgan fingerprint density at radius 3 is 2.50 bits per heavy atom. The van der Waals surface area contributed by atoms with E-state index in [2.05, 4.69) is 4.98 Å². The average molecular weight is 243 g/mol. The standard InChI is InChI=1S/C13H13N3O2/c14-16(9-11-3-1-2-8-15-11)12-6-4-10(5-7-12)13(17)18/h1-8H,9,14H2,(H,17,18). The summed E-state index contributed by atoms with van der Waals surface area (Å²) in [7, 11) is 0. The van der Waals surface area contributed by atoms with Crippen LogP contribution in [0.3, 0.4) is 0 Å². The first-order chi connectivity index (χ1) is 8.66. The highest BCUT2D eigenvalue weighted by Crippen LogP contribution is 2.14. The van der Waals surface area contributed by atoms with Crippen molar-refractivity contribution < 1.29 is 9.90 Å². The van der Waals surface area contributed by atoms with Crippen molar-refractivity contribution in [2.75, 3.05) is 5.01 Å². The number of nitrogens with zero attached hydrogens (tertiary/aromatic N) is 2. The SMILES string of the molecule is NN(Cc1ccccn1)c1ccc(C(=O)O)cc1. The van der Waals surface area contributed by atoms with Gasteiger partial charge in [0.25, 0.3) is 0 Å². The number of hydrazine groups is 1. The molecule has 5 nitrogen and oxygen atoms in total. The molecular formula is C13H13N3O2. The fraction of sp³-hybridized carbons (Fsp3) is 0.0769. The minimum Gasteiger partial charge on any atom is -0.478 e. The molecule has 0 unspecified atom stereocenters. The van der Waals surface area contributed by atoms with Crippen molar-refractivity contribution in [1.29, 1.82) is 0 Å². The van der Waals surface area contributed by atoms with Crippen LogP contribution in [-0.4, -0.2) is 16.1 Å². The molecule has 0 saturated heterocycles. The van der Waals surface area contributed by atoms with Crippen molar-refractivity contribution in [2.24, 2.45) is 5.84 Å². The zero-order valence-electron chi connectivity index (χ0n) is 9.65. The van der Waals surface area contributed by atoms with Crippen LogP contribution in [0.2, 0.25) is 0 Å². The lowest BCUT2D eigenvalue weighted by Crippen LogP contribution is -2.30. The second-order valence-corrected chi connectivity index (χ2v) is 3.80. The second kappa shape index (κ2) is 5.29. The summed E-state index contributed by atoms with van der Waals surface area (Å²) in [6, 6.07) is 12.0. The number of hydrogen-bond donors (Lipinski definition) is 2. The van der Waals surface area contributed by atoms with E-state index in [1.165, 1.54) is 17.1 Å². The average Bonchev–Trinajstić information content (AvgIpc) is 2.40. The minimum absolute atomic E-state index is 0.241. The van der Waals surface area contributed by atoms with Gasteiger partial charge >= 0.3 is 5.97 Å². The smallest absolute Gasteiger partial charge is 0.335 e. The van der Waals surface area contributed by atoms with Crippen LogP contribution in [0.15, 0.2) is 48.7 Å². The Morgan fingerprint density at radius 1 is 1.22 bits per heavy atom. The van der Waals surface area contributed by atoms with Gasteiger partial charge in [0, 0.05) is 6.20 Å². The van der Waals surface area contributed by atoms with Crippen molar-refractivity contribution in [1.82, 2.24) is 4.98 Å². The molecule has 0 aliphatic heterocycles. The quantitative estimate of drug-likeness (QED) is 0.630. The van der Waals surface area contributed by atoms with Crippen LogP contribution in [-0.2, 0) is 6.54 Å². The van der Waals surface area contributed by atoms with E-state index in [0.29, 0.717) is 6.54 Å². The van der Waals surface area contributed by atoms with Gasteiger partial charge in [-0.2, -0.15) is 0 Å². The summed E-state index contributed by atoms with van der Waals surface area (Å²) in [5.41, 5.74) is 1.83. The molecule has 0 radical (unpaired) electrons. The van der Waals surface area contributed by atoms with Gasteiger partial charge < -0.3 is 10.1 Å². The molecule has 0 spiro atoms. The molecule has 0 bridgehead atoms. The summed E-state index contributed by atoms with van der Waals surface area (Å²) >= 11 is 0. The highest BCUT2D eigenvalue weighted by Gasteiger charge is 2.06. The Morgan fingerprint density at radius 2 is 1.94 bits per heavy atom. The minimum atomic E-state index is -0.949. The Hall–Kier alpha value is -2.40. The molecule has 92 valence electrons. The van der Waals surface area contributed by atoms with E-state index >= 15 is 0 Å². The van der Waals surface area contributed by atoms with Gasteiger partial charge in [0.2, 0.25) is 0 Å².